The van der Waals surface area contributed by atoms with Crippen LogP contribution in [0.4, 0.5) is 0 Å². The Morgan fingerprint density at radius 1 is 1.44 bits per heavy atom. The predicted octanol–water partition coefficient (Wildman–Crippen LogP) is 2.83. The molecule has 84 valence electrons. The molecule has 2 rings (SSSR count). The summed E-state index contributed by atoms with van der Waals surface area (Å²) < 4.78 is 5.56. The number of hydrogen-bond donors (Lipinski definition) is 1. The molecule has 0 aliphatic carbocycles. The van der Waals surface area contributed by atoms with Gasteiger partial charge in [-0.05, 0) is 17.7 Å². The second-order valence-corrected chi connectivity index (χ2v) is 4.57. The van der Waals surface area contributed by atoms with Crippen molar-refractivity contribution in [1.82, 2.24) is 4.98 Å². The molecule has 0 amide bonds. The van der Waals surface area contributed by atoms with Crippen molar-refractivity contribution in [1.29, 1.82) is 0 Å². The maximum atomic E-state index is 6.05. The Hall–Kier alpha value is -1.10. The van der Waals surface area contributed by atoms with Crippen LogP contribution in [-0.4, -0.2) is 4.98 Å². The number of nitrogens with zero attached hydrogens (tertiary/aromatic N) is 1. The number of benzene rings is 1. The Labute approximate surface area is 103 Å². The predicted molar refractivity (Wildman–Crippen MR) is 65.8 cm³/mol. The molecule has 3 nitrogen and oxygen atoms in total. The van der Waals surface area contributed by atoms with Crippen LogP contribution in [0.1, 0.15) is 10.6 Å². The van der Waals surface area contributed by atoms with Crippen molar-refractivity contribution in [3.8, 4) is 5.75 Å². The standard InChI is InChI=1S/C11H11ClN2OS/c12-9-5-8(6-13)1-2-10(9)15-7-11-14-3-4-16-11/h1-5H,6-7,13H2. The number of rotatable bonds is 4. The molecule has 0 aliphatic heterocycles. The monoisotopic (exact) mass is 254 g/mol. The lowest BCUT2D eigenvalue weighted by Gasteiger charge is -2.07. The first-order valence-corrected chi connectivity index (χ1v) is 6.05. The van der Waals surface area contributed by atoms with Gasteiger partial charge in [-0.2, -0.15) is 0 Å². The van der Waals surface area contributed by atoms with Crippen LogP contribution in [-0.2, 0) is 13.2 Å². The summed E-state index contributed by atoms with van der Waals surface area (Å²) in [5, 5.41) is 3.43. The minimum atomic E-state index is 0.444. The lowest BCUT2D eigenvalue weighted by atomic mass is 10.2. The van der Waals surface area contributed by atoms with E-state index < -0.39 is 0 Å². The molecule has 2 N–H and O–H groups in total. The molecular weight excluding hydrogens is 244 g/mol. The van der Waals surface area contributed by atoms with Gasteiger partial charge < -0.3 is 10.5 Å². The van der Waals surface area contributed by atoms with Crippen LogP contribution in [0.2, 0.25) is 5.02 Å². The van der Waals surface area contributed by atoms with E-state index >= 15 is 0 Å². The van der Waals surface area contributed by atoms with Crippen molar-refractivity contribution in [2.24, 2.45) is 5.73 Å². The van der Waals surface area contributed by atoms with Crippen molar-refractivity contribution in [2.75, 3.05) is 0 Å². The third kappa shape index (κ3) is 2.72. The average Bonchev–Trinajstić information content (AvgIpc) is 2.80. The highest BCUT2D eigenvalue weighted by Gasteiger charge is 2.03. The highest BCUT2D eigenvalue weighted by Crippen LogP contribution is 2.26. The van der Waals surface area contributed by atoms with Gasteiger partial charge in [0.25, 0.3) is 0 Å². The molecule has 0 saturated carbocycles. The molecule has 0 radical (unpaired) electrons. The molecule has 1 aromatic carbocycles. The fraction of sp³-hybridized carbons (Fsp3) is 0.182. The molecule has 1 heterocycles. The smallest absolute Gasteiger partial charge is 0.140 e. The van der Waals surface area contributed by atoms with Gasteiger partial charge in [0.1, 0.15) is 17.4 Å². The minimum Gasteiger partial charge on any atom is -0.485 e. The molecule has 0 spiro atoms. The lowest BCUT2D eigenvalue weighted by molar-refractivity contribution is 0.305. The van der Waals surface area contributed by atoms with E-state index in [0.29, 0.717) is 23.9 Å². The van der Waals surface area contributed by atoms with Gasteiger partial charge >= 0.3 is 0 Å². The maximum Gasteiger partial charge on any atom is 0.140 e. The summed E-state index contributed by atoms with van der Waals surface area (Å²) in [6, 6.07) is 5.56. The molecule has 0 aliphatic rings. The molecule has 0 bridgehead atoms. The van der Waals surface area contributed by atoms with E-state index in [1.165, 1.54) is 0 Å². The Balaban J connectivity index is 2.04. The molecule has 2 aromatic rings. The van der Waals surface area contributed by atoms with Crippen molar-refractivity contribution < 1.29 is 4.74 Å². The number of hydrogen-bond acceptors (Lipinski definition) is 4. The van der Waals surface area contributed by atoms with Gasteiger partial charge in [-0.25, -0.2) is 4.98 Å². The van der Waals surface area contributed by atoms with Crippen LogP contribution in [0.5, 0.6) is 5.75 Å². The van der Waals surface area contributed by atoms with Gasteiger partial charge in [0.15, 0.2) is 0 Å². The Morgan fingerprint density at radius 2 is 2.31 bits per heavy atom. The zero-order chi connectivity index (χ0) is 11.4. The van der Waals surface area contributed by atoms with E-state index in [2.05, 4.69) is 4.98 Å². The number of halogens is 1. The second-order valence-electron chi connectivity index (χ2n) is 3.18. The van der Waals surface area contributed by atoms with Crippen molar-refractivity contribution in [3.63, 3.8) is 0 Å². The largest absolute Gasteiger partial charge is 0.485 e. The fourth-order valence-electron chi connectivity index (χ4n) is 1.25. The zero-order valence-corrected chi connectivity index (χ0v) is 10.1. The fourth-order valence-corrected chi connectivity index (χ4v) is 2.04. The first kappa shape index (κ1) is 11.4. The van der Waals surface area contributed by atoms with Crippen LogP contribution in [0.3, 0.4) is 0 Å². The van der Waals surface area contributed by atoms with E-state index in [1.807, 2.05) is 23.6 Å². The average molecular weight is 255 g/mol. The van der Waals surface area contributed by atoms with Gasteiger partial charge in [0, 0.05) is 18.1 Å². The minimum absolute atomic E-state index is 0.444. The lowest BCUT2D eigenvalue weighted by Crippen LogP contribution is -1.98. The van der Waals surface area contributed by atoms with Crippen LogP contribution in [0, 0.1) is 0 Å². The number of ether oxygens (including phenoxy) is 1. The van der Waals surface area contributed by atoms with Gasteiger partial charge in [-0.15, -0.1) is 11.3 Å². The first-order chi connectivity index (χ1) is 7.79. The summed E-state index contributed by atoms with van der Waals surface area (Å²) in [5.41, 5.74) is 6.50. The van der Waals surface area contributed by atoms with Gasteiger partial charge in [0.2, 0.25) is 0 Å². The highest BCUT2D eigenvalue weighted by molar-refractivity contribution is 7.09. The Kier molecular flexibility index (Phi) is 3.77. The van der Waals surface area contributed by atoms with Gasteiger partial charge in [-0.1, -0.05) is 17.7 Å². The second kappa shape index (κ2) is 5.30. The number of nitrogens with two attached hydrogens (primary N) is 1. The third-order valence-electron chi connectivity index (χ3n) is 2.07. The number of aromatic nitrogens is 1. The Bertz CT molecular complexity index is 459. The van der Waals surface area contributed by atoms with E-state index in [0.717, 1.165) is 10.6 Å². The first-order valence-electron chi connectivity index (χ1n) is 4.79. The zero-order valence-electron chi connectivity index (χ0n) is 8.52. The van der Waals surface area contributed by atoms with E-state index in [1.54, 1.807) is 17.5 Å². The van der Waals surface area contributed by atoms with Crippen molar-refractivity contribution >= 4 is 22.9 Å². The number of thiazole rings is 1. The molecule has 0 atom stereocenters. The van der Waals surface area contributed by atoms with Crippen LogP contribution < -0.4 is 10.5 Å². The summed E-state index contributed by atoms with van der Waals surface area (Å²) in [5.74, 6) is 0.661. The van der Waals surface area contributed by atoms with Crippen molar-refractivity contribution in [3.05, 3.63) is 45.4 Å². The molecule has 0 saturated heterocycles. The summed E-state index contributed by atoms with van der Waals surface area (Å²) >= 11 is 7.61. The SMILES string of the molecule is NCc1ccc(OCc2nccs2)c(Cl)c1. The van der Waals surface area contributed by atoms with Gasteiger partial charge in [0.05, 0.1) is 5.02 Å². The highest BCUT2D eigenvalue weighted by atomic mass is 35.5. The van der Waals surface area contributed by atoms with Gasteiger partial charge in [-0.3, -0.25) is 0 Å². The third-order valence-corrected chi connectivity index (χ3v) is 3.12. The van der Waals surface area contributed by atoms with Crippen LogP contribution >= 0.6 is 22.9 Å². The Morgan fingerprint density at radius 3 is 2.94 bits per heavy atom. The quantitative estimate of drug-likeness (QED) is 0.913. The molecule has 0 fully saturated rings. The molecule has 1 aromatic heterocycles. The van der Waals surface area contributed by atoms with E-state index in [9.17, 15) is 0 Å². The van der Waals surface area contributed by atoms with Crippen molar-refractivity contribution in [2.45, 2.75) is 13.2 Å². The van der Waals surface area contributed by atoms with Crippen LogP contribution in [0.25, 0.3) is 0 Å². The van der Waals surface area contributed by atoms with E-state index in [4.69, 9.17) is 22.1 Å². The summed E-state index contributed by atoms with van der Waals surface area (Å²) in [6.45, 7) is 0.922. The summed E-state index contributed by atoms with van der Waals surface area (Å²) in [7, 11) is 0. The topological polar surface area (TPSA) is 48.1 Å². The normalized spacial score (nSPS) is 10.4. The van der Waals surface area contributed by atoms with E-state index in [-0.39, 0.29) is 0 Å². The summed E-state index contributed by atoms with van der Waals surface area (Å²) in [4.78, 5) is 4.13. The summed E-state index contributed by atoms with van der Waals surface area (Å²) in [6.07, 6.45) is 1.75. The maximum absolute atomic E-state index is 6.05. The van der Waals surface area contributed by atoms with Crippen LogP contribution in [0.15, 0.2) is 29.8 Å². The molecule has 5 heteroatoms. The molecule has 0 unspecified atom stereocenters. The molecule has 16 heavy (non-hydrogen) atoms. The molecular formula is C11H11ClN2OS.